The highest BCUT2D eigenvalue weighted by atomic mass is 35.5. The van der Waals surface area contributed by atoms with Gasteiger partial charge in [-0.25, -0.2) is 13.1 Å². The molecule has 0 aromatic heterocycles. The molecule has 1 aliphatic rings. The summed E-state index contributed by atoms with van der Waals surface area (Å²) in [4.78, 5) is 0. The number of nitrogens with one attached hydrogen (secondary N) is 1. The molecule has 2 unspecified atom stereocenters. The smallest absolute Gasteiger partial charge is 0.213 e. The lowest BCUT2D eigenvalue weighted by Crippen LogP contribution is -2.41. The number of ether oxygens (including phenoxy) is 1. The van der Waals surface area contributed by atoms with E-state index in [1.807, 2.05) is 0 Å². The third-order valence-corrected chi connectivity index (χ3v) is 4.25. The van der Waals surface area contributed by atoms with E-state index in [4.69, 9.17) is 16.3 Å². The molecule has 0 aromatic carbocycles. The summed E-state index contributed by atoms with van der Waals surface area (Å²) >= 11 is 5.39. The molecule has 1 saturated carbocycles. The zero-order chi connectivity index (χ0) is 10.6. The van der Waals surface area contributed by atoms with E-state index in [0.717, 1.165) is 19.3 Å². The van der Waals surface area contributed by atoms with E-state index in [1.54, 1.807) is 7.11 Å². The number of rotatable bonds is 5. The molecule has 0 bridgehead atoms. The minimum Gasteiger partial charge on any atom is -0.380 e. The van der Waals surface area contributed by atoms with Crippen molar-refractivity contribution < 1.29 is 13.2 Å². The average Bonchev–Trinajstić information content (AvgIpc) is 2.50. The molecule has 0 aromatic rings. The summed E-state index contributed by atoms with van der Waals surface area (Å²) in [5.41, 5.74) is 0. The van der Waals surface area contributed by atoms with Crippen LogP contribution < -0.4 is 4.72 Å². The number of alkyl halides is 1. The molecule has 1 N–H and O–H groups in total. The van der Waals surface area contributed by atoms with Gasteiger partial charge in [0.1, 0.15) is 0 Å². The number of methoxy groups -OCH3 is 1. The Balaban J connectivity index is 2.51. The highest BCUT2D eigenvalue weighted by Gasteiger charge is 2.30. The number of hydrogen-bond donors (Lipinski definition) is 1. The van der Waals surface area contributed by atoms with Gasteiger partial charge in [-0.05, 0) is 19.3 Å². The summed E-state index contributed by atoms with van der Waals surface area (Å²) < 4.78 is 30.6. The normalized spacial score (nSPS) is 28.1. The maximum absolute atomic E-state index is 11.4. The topological polar surface area (TPSA) is 55.4 Å². The molecule has 0 heterocycles. The summed E-state index contributed by atoms with van der Waals surface area (Å²) in [6.07, 6.45) is 2.79. The molecular formula is C8H16ClNO3S. The summed E-state index contributed by atoms with van der Waals surface area (Å²) in [5, 5.41) is 0. The first kappa shape index (κ1) is 12.2. The summed E-state index contributed by atoms with van der Waals surface area (Å²) in [6, 6.07) is -0.0757. The molecule has 0 aliphatic heterocycles. The highest BCUT2D eigenvalue weighted by Crippen LogP contribution is 2.22. The minimum absolute atomic E-state index is 0.0140. The lowest BCUT2D eigenvalue weighted by molar-refractivity contribution is 0.0916. The summed E-state index contributed by atoms with van der Waals surface area (Å²) in [5.74, 6) is 0.0984. The first-order valence-corrected chi connectivity index (χ1v) is 6.86. The Hall–Kier alpha value is 0.160. The van der Waals surface area contributed by atoms with Crippen LogP contribution in [0.4, 0.5) is 0 Å². The van der Waals surface area contributed by atoms with Gasteiger partial charge >= 0.3 is 0 Å². The molecule has 1 rings (SSSR count). The standard InChI is InChI=1S/C8H16ClNO3S/c1-13-8-4-2-3-7(8)10-14(11,12)6-5-9/h7-8,10H,2-6H2,1H3. The SMILES string of the molecule is COC1CCCC1NS(=O)(=O)CCCl. The van der Waals surface area contributed by atoms with Crippen molar-refractivity contribution in [2.45, 2.75) is 31.4 Å². The molecule has 0 saturated heterocycles. The molecule has 1 fully saturated rings. The Bertz CT molecular complexity index is 268. The number of hydrogen-bond acceptors (Lipinski definition) is 3. The second kappa shape index (κ2) is 5.30. The zero-order valence-corrected chi connectivity index (χ0v) is 9.77. The van der Waals surface area contributed by atoms with E-state index >= 15 is 0 Å². The highest BCUT2D eigenvalue weighted by molar-refractivity contribution is 7.89. The molecule has 0 spiro atoms. The van der Waals surface area contributed by atoms with Crippen molar-refractivity contribution in [3.63, 3.8) is 0 Å². The summed E-state index contributed by atoms with van der Waals surface area (Å²) in [6.45, 7) is 0. The Morgan fingerprint density at radius 1 is 1.50 bits per heavy atom. The van der Waals surface area contributed by atoms with Crippen LogP contribution in [0.15, 0.2) is 0 Å². The van der Waals surface area contributed by atoms with Crippen LogP contribution in [-0.4, -0.2) is 39.3 Å². The maximum atomic E-state index is 11.4. The first-order chi connectivity index (χ1) is 6.59. The van der Waals surface area contributed by atoms with Crippen molar-refractivity contribution in [2.75, 3.05) is 18.7 Å². The van der Waals surface area contributed by atoms with Crippen molar-refractivity contribution in [1.82, 2.24) is 4.72 Å². The second-order valence-electron chi connectivity index (χ2n) is 3.44. The molecule has 4 nitrogen and oxygen atoms in total. The Labute approximate surface area is 90.0 Å². The van der Waals surface area contributed by atoms with E-state index in [0.29, 0.717) is 0 Å². The lowest BCUT2D eigenvalue weighted by atomic mass is 10.2. The Kier molecular flexibility index (Phi) is 4.63. The largest absolute Gasteiger partial charge is 0.380 e. The van der Waals surface area contributed by atoms with Crippen LogP contribution in [0.25, 0.3) is 0 Å². The van der Waals surface area contributed by atoms with Crippen LogP contribution >= 0.6 is 11.6 Å². The predicted molar refractivity (Wildman–Crippen MR) is 56.1 cm³/mol. The maximum Gasteiger partial charge on any atom is 0.213 e. The second-order valence-corrected chi connectivity index (χ2v) is 5.69. The quantitative estimate of drug-likeness (QED) is 0.722. The molecule has 14 heavy (non-hydrogen) atoms. The van der Waals surface area contributed by atoms with Gasteiger partial charge in [-0.1, -0.05) is 0 Å². The first-order valence-electron chi connectivity index (χ1n) is 4.68. The van der Waals surface area contributed by atoms with E-state index in [-0.39, 0.29) is 23.8 Å². The molecule has 0 radical (unpaired) electrons. The van der Waals surface area contributed by atoms with Crippen LogP contribution in [0.5, 0.6) is 0 Å². The van der Waals surface area contributed by atoms with Crippen molar-refractivity contribution >= 4 is 21.6 Å². The molecule has 84 valence electrons. The van der Waals surface area contributed by atoms with Gasteiger partial charge in [0.05, 0.1) is 11.9 Å². The van der Waals surface area contributed by atoms with Gasteiger partial charge in [0.2, 0.25) is 10.0 Å². The minimum atomic E-state index is -3.22. The van der Waals surface area contributed by atoms with E-state index < -0.39 is 10.0 Å². The van der Waals surface area contributed by atoms with Crippen molar-refractivity contribution in [3.05, 3.63) is 0 Å². The molecule has 1 aliphatic carbocycles. The fourth-order valence-corrected chi connectivity index (χ4v) is 3.40. The van der Waals surface area contributed by atoms with Gasteiger partial charge < -0.3 is 4.74 Å². The Morgan fingerprint density at radius 3 is 2.79 bits per heavy atom. The van der Waals surface area contributed by atoms with Crippen molar-refractivity contribution in [3.8, 4) is 0 Å². The zero-order valence-electron chi connectivity index (χ0n) is 8.20. The predicted octanol–water partition coefficient (Wildman–Crippen LogP) is 0.712. The fraction of sp³-hybridized carbons (Fsp3) is 1.00. The fourth-order valence-electron chi connectivity index (χ4n) is 1.73. The van der Waals surface area contributed by atoms with Crippen LogP contribution in [0.2, 0.25) is 0 Å². The average molecular weight is 242 g/mol. The van der Waals surface area contributed by atoms with Gasteiger partial charge in [0.15, 0.2) is 0 Å². The summed E-state index contributed by atoms with van der Waals surface area (Å²) in [7, 11) is -1.61. The van der Waals surface area contributed by atoms with Gasteiger partial charge in [0.25, 0.3) is 0 Å². The van der Waals surface area contributed by atoms with Crippen LogP contribution in [0.3, 0.4) is 0 Å². The Morgan fingerprint density at radius 2 is 2.21 bits per heavy atom. The monoisotopic (exact) mass is 241 g/mol. The number of sulfonamides is 1. The molecule has 2 atom stereocenters. The van der Waals surface area contributed by atoms with Gasteiger partial charge in [-0.2, -0.15) is 0 Å². The van der Waals surface area contributed by atoms with Crippen molar-refractivity contribution in [2.24, 2.45) is 0 Å². The number of halogens is 1. The van der Waals surface area contributed by atoms with E-state index in [1.165, 1.54) is 0 Å². The molecular weight excluding hydrogens is 226 g/mol. The van der Waals surface area contributed by atoms with Gasteiger partial charge in [0, 0.05) is 19.0 Å². The molecule has 0 amide bonds. The van der Waals surface area contributed by atoms with Crippen LogP contribution in [0, 0.1) is 0 Å². The van der Waals surface area contributed by atoms with Gasteiger partial charge in [-0.15, -0.1) is 11.6 Å². The van der Waals surface area contributed by atoms with Crippen LogP contribution in [0.1, 0.15) is 19.3 Å². The molecule has 6 heteroatoms. The van der Waals surface area contributed by atoms with Gasteiger partial charge in [-0.3, -0.25) is 0 Å². The van der Waals surface area contributed by atoms with Crippen LogP contribution in [-0.2, 0) is 14.8 Å². The van der Waals surface area contributed by atoms with E-state index in [2.05, 4.69) is 4.72 Å². The van der Waals surface area contributed by atoms with Crippen molar-refractivity contribution in [1.29, 1.82) is 0 Å². The lowest BCUT2D eigenvalue weighted by Gasteiger charge is -2.19. The third kappa shape index (κ3) is 3.38. The third-order valence-electron chi connectivity index (χ3n) is 2.43. The van der Waals surface area contributed by atoms with E-state index in [9.17, 15) is 8.42 Å².